The molecule has 28 heavy (non-hydrogen) atoms. The number of hydrogen-bond donors (Lipinski definition) is 0. The number of benzene rings is 1. The van der Waals surface area contributed by atoms with Gasteiger partial charge in [-0.2, -0.15) is 0 Å². The highest BCUT2D eigenvalue weighted by atomic mass is 19.4. The van der Waals surface area contributed by atoms with Crippen molar-refractivity contribution in [3.8, 4) is 17.2 Å². The van der Waals surface area contributed by atoms with Crippen molar-refractivity contribution in [3.05, 3.63) is 42.0 Å². The van der Waals surface area contributed by atoms with Crippen molar-refractivity contribution < 1.29 is 27.4 Å². The molecule has 2 saturated carbocycles. The van der Waals surface area contributed by atoms with E-state index in [1.54, 1.807) is 13.0 Å². The van der Waals surface area contributed by atoms with E-state index in [1.165, 1.54) is 44.6 Å². The van der Waals surface area contributed by atoms with E-state index in [0.717, 1.165) is 0 Å². The van der Waals surface area contributed by atoms with E-state index in [-0.39, 0.29) is 23.7 Å². The molecule has 1 aromatic rings. The Kier molecular flexibility index (Phi) is 6.92. The second-order valence-corrected chi connectivity index (χ2v) is 7.42. The largest absolute Gasteiger partial charge is 0.573 e. The molecule has 0 N–H and O–H groups in total. The van der Waals surface area contributed by atoms with Gasteiger partial charge in [-0.1, -0.05) is 37.1 Å². The van der Waals surface area contributed by atoms with Crippen LogP contribution in [0.3, 0.4) is 0 Å². The van der Waals surface area contributed by atoms with Crippen LogP contribution in [-0.4, -0.2) is 19.6 Å². The van der Waals surface area contributed by atoms with Gasteiger partial charge >= 0.3 is 6.36 Å². The second-order valence-electron chi connectivity index (χ2n) is 7.42. The lowest BCUT2D eigenvalue weighted by atomic mass is 9.85. The molecule has 0 heterocycles. The van der Waals surface area contributed by atoms with Crippen LogP contribution in [0.1, 0.15) is 44.1 Å². The highest BCUT2D eigenvalue weighted by Crippen LogP contribution is 2.40. The van der Waals surface area contributed by atoms with Crippen LogP contribution in [0.2, 0.25) is 0 Å². The maximum atomic E-state index is 12.9. The zero-order chi connectivity index (χ0) is 20.0. The second kappa shape index (κ2) is 9.39. The molecule has 2 aliphatic rings. The zero-order valence-corrected chi connectivity index (χ0v) is 16.1. The minimum atomic E-state index is -4.80. The van der Waals surface area contributed by atoms with Crippen LogP contribution < -0.4 is 14.2 Å². The van der Waals surface area contributed by atoms with E-state index in [0.29, 0.717) is 24.2 Å². The first-order valence-corrected chi connectivity index (χ1v) is 9.90. The van der Waals surface area contributed by atoms with Crippen molar-refractivity contribution in [1.29, 1.82) is 0 Å². The monoisotopic (exact) mass is 396 g/mol. The Balaban J connectivity index is 1.64. The van der Waals surface area contributed by atoms with E-state index in [2.05, 4.69) is 16.9 Å². The molecule has 0 unspecified atom stereocenters. The Morgan fingerprint density at radius 2 is 1.39 bits per heavy atom. The first-order valence-electron chi connectivity index (χ1n) is 9.90. The highest BCUT2D eigenvalue weighted by Gasteiger charge is 2.34. The fourth-order valence-electron chi connectivity index (χ4n) is 3.20. The number of ether oxygens (including phenoxy) is 3. The minimum Gasteiger partial charge on any atom is -0.489 e. The third-order valence-corrected chi connectivity index (χ3v) is 5.32. The zero-order valence-electron chi connectivity index (χ0n) is 16.1. The van der Waals surface area contributed by atoms with E-state index in [4.69, 9.17) is 9.47 Å². The highest BCUT2D eigenvalue weighted by molar-refractivity contribution is 5.53. The lowest BCUT2D eigenvalue weighted by molar-refractivity contribution is -0.275. The molecule has 2 aliphatic carbocycles. The molecule has 154 valence electrons. The van der Waals surface area contributed by atoms with E-state index < -0.39 is 6.36 Å². The van der Waals surface area contributed by atoms with E-state index in [9.17, 15) is 13.2 Å². The van der Waals surface area contributed by atoms with Gasteiger partial charge in [-0.15, -0.1) is 13.2 Å². The van der Waals surface area contributed by atoms with Crippen molar-refractivity contribution in [2.24, 2.45) is 11.8 Å². The Morgan fingerprint density at radius 1 is 0.893 bits per heavy atom. The number of halogens is 3. The molecule has 1 aromatic carbocycles. The first-order chi connectivity index (χ1) is 13.4. The molecule has 0 atom stereocenters. The average Bonchev–Trinajstić information content (AvgIpc) is 2.54. The summed E-state index contributed by atoms with van der Waals surface area (Å²) in [7, 11) is 0. The van der Waals surface area contributed by atoms with Crippen LogP contribution in [0.25, 0.3) is 0 Å². The van der Waals surface area contributed by atoms with Gasteiger partial charge in [0.05, 0.1) is 0 Å². The molecular weight excluding hydrogens is 369 g/mol. The minimum absolute atomic E-state index is 0.0606. The molecule has 0 aromatic heterocycles. The fraction of sp³-hybridized carbons (Fsp3) is 0.545. The molecule has 0 bridgehead atoms. The normalized spacial score (nSPS) is 18.3. The average molecular weight is 396 g/mol. The van der Waals surface area contributed by atoms with Crippen LogP contribution >= 0.6 is 0 Å². The van der Waals surface area contributed by atoms with E-state index in [1.807, 2.05) is 12.2 Å². The molecule has 0 aliphatic heterocycles. The molecule has 3 rings (SSSR count). The van der Waals surface area contributed by atoms with Crippen molar-refractivity contribution in [2.75, 3.05) is 13.2 Å². The van der Waals surface area contributed by atoms with Gasteiger partial charge in [-0.3, -0.25) is 0 Å². The number of alkyl halides is 3. The molecule has 0 radical (unpaired) electrons. The summed E-state index contributed by atoms with van der Waals surface area (Å²) >= 11 is 0. The lowest BCUT2D eigenvalue weighted by Crippen LogP contribution is -2.19. The predicted octanol–water partition coefficient (Wildman–Crippen LogP) is 6.36. The maximum Gasteiger partial charge on any atom is 0.573 e. The Labute approximate surface area is 164 Å². The molecule has 0 spiro atoms. The Bertz CT molecular complexity index is 702. The van der Waals surface area contributed by atoms with Gasteiger partial charge in [0, 0.05) is 5.56 Å². The van der Waals surface area contributed by atoms with E-state index >= 15 is 0 Å². The van der Waals surface area contributed by atoms with Crippen LogP contribution in [0, 0.1) is 18.8 Å². The number of hydrogen-bond acceptors (Lipinski definition) is 3. The van der Waals surface area contributed by atoms with Gasteiger partial charge in [0.1, 0.15) is 19.0 Å². The van der Waals surface area contributed by atoms with Gasteiger partial charge in [0.2, 0.25) is 0 Å². The van der Waals surface area contributed by atoms with Crippen molar-refractivity contribution in [2.45, 2.75) is 51.8 Å². The summed E-state index contributed by atoms with van der Waals surface area (Å²) in [4.78, 5) is 0. The van der Waals surface area contributed by atoms with Gasteiger partial charge in [0.25, 0.3) is 0 Å². The maximum absolute atomic E-state index is 12.9. The van der Waals surface area contributed by atoms with Crippen molar-refractivity contribution in [3.63, 3.8) is 0 Å². The number of rotatable bonds is 9. The SMILES string of the molecule is Cc1c(OC/C=C/C2CCC2)ccc(OC/C=C/C2CCC2)c1OC(F)(F)F. The van der Waals surface area contributed by atoms with Gasteiger partial charge in [0.15, 0.2) is 11.5 Å². The summed E-state index contributed by atoms with van der Waals surface area (Å²) in [5.41, 5.74) is 0.273. The first kappa shape index (κ1) is 20.6. The summed E-state index contributed by atoms with van der Waals surface area (Å²) in [6, 6.07) is 3.09. The Hall–Kier alpha value is -2.11. The topological polar surface area (TPSA) is 27.7 Å². The van der Waals surface area contributed by atoms with Crippen LogP contribution in [0.4, 0.5) is 13.2 Å². The molecule has 0 saturated heterocycles. The van der Waals surface area contributed by atoms with Gasteiger partial charge in [-0.05, 0) is 56.6 Å². The molecule has 6 heteroatoms. The summed E-state index contributed by atoms with van der Waals surface area (Å²) in [6.45, 7) is 2.06. The fourth-order valence-corrected chi connectivity index (χ4v) is 3.20. The van der Waals surface area contributed by atoms with Gasteiger partial charge in [-0.25, -0.2) is 0 Å². The molecule has 0 amide bonds. The summed E-state index contributed by atoms with van der Waals surface area (Å²) in [5, 5.41) is 0. The quantitative estimate of drug-likeness (QED) is 0.454. The third kappa shape index (κ3) is 5.94. The van der Waals surface area contributed by atoms with Gasteiger partial charge < -0.3 is 14.2 Å². The molecule has 3 nitrogen and oxygen atoms in total. The van der Waals surface area contributed by atoms with Crippen LogP contribution in [-0.2, 0) is 0 Å². The summed E-state index contributed by atoms with van der Waals surface area (Å²) in [5.74, 6) is 1.25. The molecule has 2 fully saturated rings. The Morgan fingerprint density at radius 3 is 1.86 bits per heavy atom. The standard InChI is InChI=1S/C22H27F3O3/c1-16-19(26-14-4-10-17-6-2-7-17)12-13-20(21(16)28-22(23,24)25)27-15-5-11-18-8-3-9-18/h4-5,10-13,17-18H,2-3,6-9,14-15H2,1H3/b10-4+,11-5+. The summed E-state index contributed by atoms with van der Waals surface area (Å²) in [6.07, 6.45) is 10.4. The van der Waals surface area contributed by atoms with Crippen LogP contribution in [0.15, 0.2) is 36.4 Å². The lowest BCUT2D eigenvalue weighted by Gasteiger charge is -2.21. The third-order valence-electron chi connectivity index (χ3n) is 5.32. The van der Waals surface area contributed by atoms with Crippen molar-refractivity contribution >= 4 is 0 Å². The predicted molar refractivity (Wildman–Crippen MR) is 102 cm³/mol. The number of allylic oxidation sites excluding steroid dienone is 2. The summed E-state index contributed by atoms with van der Waals surface area (Å²) < 4.78 is 54.0. The smallest absolute Gasteiger partial charge is 0.489 e. The molecular formula is C22H27F3O3. The van der Waals surface area contributed by atoms with Crippen LogP contribution in [0.5, 0.6) is 17.2 Å². The van der Waals surface area contributed by atoms with Crippen molar-refractivity contribution in [1.82, 2.24) is 0 Å².